The molecule has 168 valence electrons. The first-order valence-corrected chi connectivity index (χ1v) is 10.7. The summed E-state index contributed by atoms with van der Waals surface area (Å²) in [6.07, 6.45) is 0. The van der Waals surface area contributed by atoms with Crippen LogP contribution in [-0.4, -0.2) is 71.0 Å². The zero-order valence-electron chi connectivity index (χ0n) is 18.5. The molecule has 0 radical (unpaired) electrons. The van der Waals surface area contributed by atoms with Crippen LogP contribution in [0.1, 0.15) is 10.4 Å². The highest BCUT2D eigenvalue weighted by Crippen LogP contribution is 2.28. The van der Waals surface area contributed by atoms with Crippen LogP contribution in [0.25, 0.3) is 17.0 Å². The number of methoxy groups -OCH3 is 2. The molecule has 33 heavy (non-hydrogen) atoms. The van der Waals surface area contributed by atoms with Crippen LogP contribution in [0, 0.1) is 0 Å². The van der Waals surface area contributed by atoms with Crippen molar-refractivity contribution in [1.29, 1.82) is 0 Å². The maximum atomic E-state index is 13.0. The Kier molecular flexibility index (Phi) is 5.52. The molecule has 0 aliphatic carbocycles. The van der Waals surface area contributed by atoms with Crippen LogP contribution in [0.4, 0.5) is 5.82 Å². The van der Waals surface area contributed by atoms with Crippen molar-refractivity contribution in [3.63, 3.8) is 0 Å². The summed E-state index contributed by atoms with van der Waals surface area (Å²) in [6.45, 7) is 2.56. The Hall–Kier alpha value is -4.14. The van der Waals surface area contributed by atoms with E-state index in [1.807, 2.05) is 47.4 Å². The van der Waals surface area contributed by atoms with Crippen molar-refractivity contribution in [2.45, 2.75) is 0 Å². The van der Waals surface area contributed by atoms with Gasteiger partial charge >= 0.3 is 0 Å². The number of anilines is 1. The molecule has 0 saturated carbocycles. The Morgan fingerprint density at radius 3 is 2.33 bits per heavy atom. The predicted octanol–water partition coefficient (Wildman–Crippen LogP) is 2.77. The van der Waals surface area contributed by atoms with Gasteiger partial charge in [-0.05, 0) is 30.3 Å². The predicted molar refractivity (Wildman–Crippen MR) is 124 cm³/mol. The second-order valence-electron chi connectivity index (χ2n) is 7.70. The summed E-state index contributed by atoms with van der Waals surface area (Å²) in [4.78, 5) is 17.1. The molecule has 9 heteroatoms. The highest BCUT2D eigenvalue weighted by Gasteiger charge is 2.24. The van der Waals surface area contributed by atoms with E-state index in [1.165, 1.54) is 0 Å². The molecule has 1 fully saturated rings. The van der Waals surface area contributed by atoms with Gasteiger partial charge in [0.2, 0.25) is 0 Å². The molecular formula is C24H24N6O3. The minimum absolute atomic E-state index is 0.0239. The number of rotatable bonds is 5. The smallest absolute Gasteiger partial charge is 0.254 e. The number of aromatic nitrogens is 4. The molecule has 5 rings (SSSR count). The van der Waals surface area contributed by atoms with Gasteiger partial charge in [-0.3, -0.25) is 4.79 Å². The van der Waals surface area contributed by atoms with E-state index in [9.17, 15) is 4.79 Å². The molecule has 0 bridgehead atoms. The van der Waals surface area contributed by atoms with E-state index < -0.39 is 0 Å². The fraction of sp³-hybridized carbons (Fsp3) is 0.250. The van der Waals surface area contributed by atoms with Gasteiger partial charge in [0.25, 0.3) is 5.91 Å². The average Bonchev–Trinajstić information content (AvgIpc) is 3.32. The first kappa shape index (κ1) is 20.7. The molecule has 0 spiro atoms. The van der Waals surface area contributed by atoms with E-state index in [1.54, 1.807) is 36.9 Å². The van der Waals surface area contributed by atoms with E-state index in [2.05, 4.69) is 15.1 Å². The third kappa shape index (κ3) is 3.93. The molecule has 1 amide bonds. The Morgan fingerprint density at radius 2 is 1.61 bits per heavy atom. The van der Waals surface area contributed by atoms with Crippen LogP contribution < -0.4 is 14.4 Å². The molecule has 0 atom stereocenters. The minimum atomic E-state index is -0.0239. The number of hydrogen-bond donors (Lipinski definition) is 0. The maximum absolute atomic E-state index is 13.0. The molecule has 2 aromatic heterocycles. The lowest BCUT2D eigenvalue weighted by molar-refractivity contribution is 0.0746. The van der Waals surface area contributed by atoms with Crippen LogP contribution in [0.2, 0.25) is 0 Å². The highest BCUT2D eigenvalue weighted by molar-refractivity contribution is 5.95. The van der Waals surface area contributed by atoms with Crippen molar-refractivity contribution in [3.05, 3.63) is 66.2 Å². The van der Waals surface area contributed by atoms with Crippen LogP contribution in [0.15, 0.2) is 60.7 Å². The minimum Gasteiger partial charge on any atom is -0.493 e. The first-order valence-electron chi connectivity index (χ1n) is 10.7. The molecule has 4 aromatic rings. The monoisotopic (exact) mass is 444 g/mol. The van der Waals surface area contributed by atoms with Crippen molar-refractivity contribution in [3.8, 4) is 22.9 Å². The Balaban J connectivity index is 1.31. The van der Waals surface area contributed by atoms with Crippen LogP contribution in [0.5, 0.6) is 11.5 Å². The summed E-state index contributed by atoms with van der Waals surface area (Å²) >= 11 is 0. The van der Waals surface area contributed by atoms with E-state index in [4.69, 9.17) is 14.6 Å². The van der Waals surface area contributed by atoms with Gasteiger partial charge < -0.3 is 19.3 Å². The van der Waals surface area contributed by atoms with Gasteiger partial charge in [-0.1, -0.05) is 30.3 Å². The SMILES string of the molecule is COc1ccc(C(=O)N2CCN(c3ccc4nnc(-c5ccccc5)n4n3)CC2)cc1OC. The summed E-state index contributed by atoms with van der Waals surface area (Å²) in [5, 5.41) is 13.3. The zero-order chi connectivity index (χ0) is 22.8. The second-order valence-corrected chi connectivity index (χ2v) is 7.70. The van der Waals surface area contributed by atoms with E-state index >= 15 is 0 Å². The highest BCUT2D eigenvalue weighted by atomic mass is 16.5. The first-order chi connectivity index (χ1) is 16.2. The van der Waals surface area contributed by atoms with Gasteiger partial charge in [0, 0.05) is 37.3 Å². The lowest BCUT2D eigenvalue weighted by Crippen LogP contribution is -2.49. The number of nitrogens with zero attached hydrogens (tertiary/aromatic N) is 6. The molecular weight excluding hydrogens is 420 g/mol. The number of fused-ring (bicyclic) bond motifs is 1. The van der Waals surface area contributed by atoms with Crippen molar-refractivity contribution < 1.29 is 14.3 Å². The number of benzene rings is 2. The van der Waals surface area contributed by atoms with Crippen LogP contribution in [0.3, 0.4) is 0 Å². The van der Waals surface area contributed by atoms with E-state index in [0.717, 1.165) is 11.4 Å². The topological polar surface area (TPSA) is 85.1 Å². The summed E-state index contributed by atoms with van der Waals surface area (Å²) in [6, 6.07) is 19.0. The summed E-state index contributed by atoms with van der Waals surface area (Å²) < 4.78 is 12.4. The van der Waals surface area contributed by atoms with Crippen LogP contribution >= 0.6 is 0 Å². The zero-order valence-corrected chi connectivity index (χ0v) is 18.5. The summed E-state index contributed by atoms with van der Waals surface area (Å²) in [5.74, 6) is 2.66. The molecule has 3 heterocycles. The number of ether oxygens (including phenoxy) is 2. The normalized spacial score (nSPS) is 13.9. The molecule has 0 unspecified atom stereocenters. The summed E-state index contributed by atoms with van der Waals surface area (Å²) in [7, 11) is 3.14. The lowest BCUT2D eigenvalue weighted by atomic mass is 10.1. The average molecular weight is 444 g/mol. The van der Waals surface area contributed by atoms with Crippen molar-refractivity contribution >= 4 is 17.4 Å². The molecule has 1 saturated heterocycles. The fourth-order valence-electron chi connectivity index (χ4n) is 4.01. The number of carbonyl (C=O) groups is 1. The van der Waals surface area contributed by atoms with E-state index in [-0.39, 0.29) is 5.91 Å². The molecule has 9 nitrogen and oxygen atoms in total. The number of piperazine rings is 1. The van der Waals surface area contributed by atoms with Gasteiger partial charge in [0.1, 0.15) is 5.82 Å². The third-order valence-corrected chi connectivity index (χ3v) is 5.80. The molecule has 1 aliphatic rings. The molecule has 0 N–H and O–H groups in total. The van der Waals surface area contributed by atoms with Crippen molar-refractivity contribution in [1.82, 2.24) is 24.7 Å². The van der Waals surface area contributed by atoms with E-state index in [0.29, 0.717) is 54.7 Å². The Bertz CT molecular complexity index is 1280. The third-order valence-electron chi connectivity index (χ3n) is 5.80. The largest absolute Gasteiger partial charge is 0.493 e. The maximum Gasteiger partial charge on any atom is 0.254 e. The van der Waals surface area contributed by atoms with Crippen LogP contribution in [-0.2, 0) is 0 Å². The lowest BCUT2D eigenvalue weighted by Gasteiger charge is -2.35. The van der Waals surface area contributed by atoms with Crippen molar-refractivity contribution in [2.24, 2.45) is 0 Å². The van der Waals surface area contributed by atoms with Gasteiger partial charge in [-0.25, -0.2) is 0 Å². The standard InChI is InChI=1S/C24H24N6O3/c1-32-19-9-8-18(16-20(19)33-2)24(31)29-14-12-28(13-15-29)22-11-10-21-25-26-23(30(21)27-22)17-6-4-3-5-7-17/h3-11,16H,12-15H2,1-2H3. The van der Waals surface area contributed by atoms with Gasteiger partial charge in [-0.2, -0.15) is 4.52 Å². The number of carbonyl (C=O) groups excluding carboxylic acids is 1. The van der Waals surface area contributed by atoms with Gasteiger partial charge in [-0.15, -0.1) is 15.3 Å². The summed E-state index contributed by atoms with van der Waals surface area (Å²) in [5.41, 5.74) is 2.23. The molecule has 1 aliphatic heterocycles. The van der Waals surface area contributed by atoms with Gasteiger partial charge in [0.05, 0.1) is 14.2 Å². The fourth-order valence-corrected chi connectivity index (χ4v) is 4.01. The number of hydrogen-bond acceptors (Lipinski definition) is 7. The quantitative estimate of drug-likeness (QED) is 0.468. The Labute approximate surface area is 191 Å². The van der Waals surface area contributed by atoms with Crippen molar-refractivity contribution in [2.75, 3.05) is 45.3 Å². The molecule has 2 aromatic carbocycles. The van der Waals surface area contributed by atoms with Gasteiger partial charge in [0.15, 0.2) is 23.0 Å². The second kappa shape index (κ2) is 8.78. The Morgan fingerprint density at radius 1 is 0.848 bits per heavy atom. The number of amides is 1.